The summed E-state index contributed by atoms with van der Waals surface area (Å²) < 4.78 is 12.6. The normalized spacial score (nSPS) is 17.7. The third kappa shape index (κ3) is 5.39. The lowest BCUT2D eigenvalue weighted by Gasteiger charge is -2.32. The highest BCUT2D eigenvalue weighted by atomic mass is 16.7. The molecule has 4 aromatic rings. The van der Waals surface area contributed by atoms with E-state index in [2.05, 4.69) is 88.4 Å². The van der Waals surface area contributed by atoms with E-state index < -0.39 is 13.2 Å². The molecule has 1 aliphatic heterocycles. The van der Waals surface area contributed by atoms with Crippen molar-refractivity contribution in [3.8, 4) is 0 Å². The smallest absolute Gasteiger partial charge is 0.399 e. The second-order valence-electron chi connectivity index (χ2n) is 10.9. The van der Waals surface area contributed by atoms with E-state index in [4.69, 9.17) is 9.31 Å². The van der Waals surface area contributed by atoms with Crippen LogP contribution in [0, 0.1) is 0 Å². The fourth-order valence-electron chi connectivity index (χ4n) is 4.90. The molecule has 0 saturated carbocycles. The van der Waals surface area contributed by atoms with Crippen molar-refractivity contribution >= 4 is 23.7 Å². The molecular weight excluding hydrogens is 467 g/mol. The van der Waals surface area contributed by atoms with Gasteiger partial charge in [-0.2, -0.15) is 0 Å². The van der Waals surface area contributed by atoms with Crippen molar-refractivity contribution in [3.63, 3.8) is 0 Å². The molecule has 0 amide bonds. The Morgan fingerprint density at radius 3 is 1.61 bits per heavy atom. The zero-order chi connectivity index (χ0) is 26.8. The largest absolute Gasteiger partial charge is 0.494 e. The first-order valence-electron chi connectivity index (χ1n) is 13.3. The van der Waals surface area contributed by atoms with Crippen LogP contribution in [0.25, 0.3) is 11.1 Å². The van der Waals surface area contributed by atoms with Gasteiger partial charge >= 0.3 is 7.12 Å². The molecular formula is C34H35BO3. The van der Waals surface area contributed by atoms with Gasteiger partial charge in [-0.15, -0.1) is 0 Å². The number of aliphatic hydroxyl groups excluding tert-OH is 1. The van der Waals surface area contributed by atoms with E-state index in [9.17, 15) is 5.11 Å². The highest BCUT2D eigenvalue weighted by Crippen LogP contribution is 2.39. The molecule has 1 aliphatic rings. The van der Waals surface area contributed by atoms with E-state index >= 15 is 0 Å². The average molecular weight is 502 g/mol. The Hall–Kier alpha value is -3.44. The molecule has 1 atom stereocenters. The monoisotopic (exact) mass is 502 g/mol. The van der Waals surface area contributed by atoms with E-state index in [-0.39, 0.29) is 11.2 Å². The van der Waals surface area contributed by atoms with Gasteiger partial charge in [0.2, 0.25) is 0 Å². The Bertz CT molecular complexity index is 1360. The van der Waals surface area contributed by atoms with Gasteiger partial charge in [0.25, 0.3) is 0 Å². The van der Waals surface area contributed by atoms with Gasteiger partial charge in [0.1, 0.15) is 0 Å². The second kappa shape index (κ2) is 10.7. The first-order valence-corrected chi connectivity index (χ1v) is 13.3. The lowest BCUT2D eigenvalue weighted by molar-refractivity contribution is 0.00578. The number of hydrogen-bond donors (Lipinski definition) is 1. The van der Waals surface area contributed by atoms with Crippen molar-refractivity contribution in [3.05, 3.63) is 138 Å². The molecule has 0 bridgehead atoms. The summed E-state index contributed by atoms with van der Waals surface area (Å²) in [5.74, 6) is 0. The van der Waals surface area contributed by atoms with Gasteiger partial charge in [0.15, 0.2) is 0 Å². The van der Waals surface area contributed by atoms with Crippen LogP contribution in [-0.4, -0.2) is 23.4 Å². The van der Waals surface area contributed by atoms with Gasteiger partial charge in [0, 0.05) is 6.42 Å². The van der Waals surface area contributed by atoms with Crippen molar-refractivity contribution in [1.29, 1.82) is 0 Å². The summed E-state index contributed by atoms with van der Waals surface area (Å²) in [6, 6.07) is 39.1. The van der Waals surface area contributed by atoms with Crippen LogP contribution in [0.5, 0.6) is 0 Å². The molecule has 1 unspecified atom stereocenters. The summed E-state index contributed by atoms with van der Waals surface area (Å²) in [6.45, 7) is 8.28. The van der Waals surface area contributed by atoms with Crippen LogP contribution in [0.4, 0.5) is 0 Å². The lowest BCUT2D eigenvalue weighted by Crippen LogP contribution is -2.41. The van der Waals surface area contributed by atoms with Crippen LogP contribution in [0.3, 0.4) is 0 Å². The van der Waals surface area contributed by atoms with Crippen LogP contribution in [0.1, 0.15) is 62.5 Å². The minimum absolute atomic E-state index is 0.389. The molecule has 1 fully saturated rings. The molecule has 38 heavy (non-hydrogen) atoms. The quantitative estimate of drug-likeness (QED) is 0.217. The van der Waals surface area contributed by atoms with Crippen molar-refractivity contribution in [1.82, 2.24) is 0 Å². The number of hydrogen-bond acceptors (Lipinski definition) is 3. The number of aliphatic hydroxyl groups is 1. The molecule has 0 spiro atoms. The maximum atomic E-state index is 11.3. The third-order valence-corrected chi connectivity index (χ3v) is 7.79. The maximum absolute atomic E-state index is 11.3. The summed E-state index contributed by atoms with van der Waals surface area (Å²) in [7, 11) is -0.410. The Kier molecular flexibility index (Phi) is 7.40. The predicted octanol–water partition coefficient (Wildman–Crippen LogP) is 7.07. The fourth-order valence-corrected chi connectivity index (χ4v) is 4.90. The molecule has 0 radical (unpaired) electrons. The topological polar surface area (TPSA) is 38.7 Å². The Labute approximate surface area is 226 Å². The summed E-state index contributed by atoms with van der Waals surface area (Å²) in [5.41, 5.74) is 6.60. The first kappa shape index (κ1) is 26.2. The maximum Gasteiger partial charge on any atom is 0.494 e. The van der Waals surface area contributed by atoms with Crippen LogP contribution in [0.2, 0.25) is 0 Å². The predicted molar refractivity (Wildman–Crippen MR) is 157 cm³/mol. The van der Waals surface area contributed by atoms with Crippen molar-refractivity contribution in [2.75, 3.05) is 0 Å². The van der Waals surface area contributed by atoms with E-state index in [0.717, 1.165) is 38.9 Å². The molecule has 0 aromatic heterocycles. The summed E-state index contributed by atoms with van der Waals surface area (Å²) in [5, 5.41) is 11.3. The van der Waals surface area contributed by atoms with Gasteiger partial charge < -0.3 is 14.4 Å². The average Bonchev–Trinajstić information content (AvgIpc) is 3.16. The minimum Gasteiger partial charge on any atom is -0.399 e. The second-order valence-corrected chi connectivity index (χ2v) is 10.9. The minimum atomic E-state index is -0.630. The Morgan fingerprint density at radius 1 is 0.632 bits per heavy atom. The number of rotatable bonds is 7. The molecule has 4 heteroatoms. The molecule has 192 valence electrons. The van der Waals surface area contributed by atoms with Crippen molar-refractivity contribution in [2.24, 2.45) is 0 Å². The highest BCUT2D eigenvalue weighted by Gasteiger charge is 2.51. The van der Waals surface area contributed by atoms with Gasteiger partial charge in [-0.25, -0.2) is 0 Å². The van der Waals surface area contributed by atoms with Gasteiger partial charge in [-0.3, -0.25) is 0 Å². The molecule has 4 aromatic carbocycles. The standard InChI is InChI=1S/C34H35BO3/c1-33(2)34(3,4)38-35(37-33)29-22-20-28(21-23-29)32(27-18-12-7-13-19-27)30(25-14-8-5-9-15-25)24-31(36)26-16-10-6-11-17-26/h5-23,31,36H,24H2,1-4H3/b32-30-. The molecule has 1 N–H and O–H groups in total. The van der Waals surface area contributed by atoms with E-state index in [1.54, 1.807) is 0 Å². The van der Waals surface area contributed by atoms with Crippen LogP contribution in [-0.2, 0) is 9.31 Å². The zero-order valence-corrected chi connectivity index (χ0v) is 22.6. The van der Waals surface area contributed by atoms with Crippen molar-refractivity contribution < 1.29 is 14.4 Å². The third-order valence-electron chi connectivity index (χ3n) is 7.79. The molecule has 5 rings (SSSR count). The van der Waals surface area contributed by atoms with E-state index in [0.29, 0.717) is 6.42 Å². The lowest BCUT2D eigenvalue weighted by atomic mass is 9.77. The Morgan fingerprint density at radius 2 is 1.08 bits per heavy atom. The van der Waals surface area contributed by atoms with Gasteiger partial charge in [0.05, 0.1) is 17.3 Å². The van der Waals surface area contributed by atoms with Gasteiger partial charge in [-0.1, -0.05) is 115 Å². The van der Waals surface area contributed by atoms with Crippen LogP contribution < -0.4 is 5.46 Å². The van der Waals surface area contributed by atoms with E-state index in [1.165, 1.54) is 0 Å². The van der Waals surface area contributed by atoms with E-state index in [1.807, 2.05) is 54.6 Å². The molecule has 3 nitrogen and oxygen atoms in total. The molecule has 1 saturated heterocycles. The molecule has 1 heterocycles. The molecule has 0 aliphatic carbocycles. The first-order chi connectivity index (χ1) is 18.2. The van der Waals surface area contributed by atoms with Crippen molar-refractivity contribution in [2.45, 2.75) is 51.4 Å². The van der Waals surface area contributed by atoms with Crippen LogP contribution in [0.15, 0.2) is 115 Å². The fraction of sp³-hybridized carbons (Fsp3) is 0.235. The summed E-state index contributed by atoms with van der Waals surface area (Å²) >= 11 is 0. The summed E-state index contributed by atoms with van der Waals surface area (Å²) in [4.78, 5) is 0. The van der Waals surface area contributed by atoms with Crippen LogP contribution >= 0.6 is 0 Å². The van der Waals surface area contributed by atoms with Gasteiger partial charge in [-0.05, 0) is 66.6 Å². The summed E-state index contributed by atoms with van der Waals surface area (Å²) in [6.07, 6.45) is -0.147. The highest BCUT2D eigenvalue weighted by molar-refractivity contribution is 6.62. The zero-order valence-electron chi connectivity index (χ0n) is 22.6. The SMILES string of the molecule is CC1(C)OB(c2ccc(/C(=C(/CC(O)c3ccccc3)c3ccccc3)c3ccccc3)cc2)OC1(C)C. The number of benzene rings is 4. The Balaban J connectivity index is 1.60.